The standard InChI is InChI=1S/C10H15ClN2O2S2/c1-10(2)5-3-4-7(10)13-17(14,15)8-6-12-9(11)16-8/h6-7,13H,3-5H2,1-2H3. The van der Waals surface area contributed by atoms with E-state index in [1.807, 2.05) is 0 Å². The first-order chi connectivity index (χ1) is 7.81. The van der Waals surface area contributed by atoms with Crippen LogP contribution >= 0.6 is 22.9 Å². The Bertz CT molecular complexity index is 510. The van der Waals surface area contributed by atoms with Gasteiger partial charge in [0.2, 0.25) is 0 Å². The minimum absolute atomic E-state index is 0.00613. The SMILES string of the molecule is CC1(C)CCCC1NS(=O)(=O)c1cnc(Cl)s1. The van der Waals surface area contributed by atoms with Crippen LogP contribution in [0.5, 0.6) is 0 Å². The summed E-state index contributed by atoms with van der Waals surface area (Å²) in [5.74, 6) is 0. The molecule has 1 aliphatic carbocycles. The van der Waals surface area contributed by atoms with Gasteiger partial charge in [-0.2, -0.15) is 0 Å². The minimum Gasteiger partial charge on any atom is -0.232 e. The van der Waals surface area contributed by atoms with Crippen molar-refractivity contribution in [3.05, 3.63) is 10.7 Å². The van der Waals surface area contributed by atoms with Crippen LogP contribution in [0.4, 0.5) is 0 Å². The maximum atomic E-state index is 12.1. The van der Waals surface area contributed by atoms with E-state index in [4.69, 9.17) is 11.6 Å². The largest absolute Gasteiger partial charge is 0.251 e. The Morgan fingerprint density at radius 3 is 2.76 bits per heavy atom. The molecular weight excluding hydrogens is 280 g/mol. The molecule has 1 aromatic rings. The monoisotopic (exact) mass is 294 g/mol. The van der Waals surface area contributed by atoms with Gasteiger partial charge in [0.1, 0.15) is 0 Å². The van der Waals surface area contributed by atoms with Crippen LogP contribution in [0.2, 0.25) is 4.47 Å². The normalized spacial score (nSPS) is 24.1. The van der Waals surface area contributed by atoms with Crippen molar-refractivity contribution >= 4 is 33.0 Å². The first kappa shape index (κ1) is 13.3. The van der Waals surface area contributed by atoms with Crippen LogP contribution in [0, 0.1) is 5.41 Å². The van der Waals surface area contributed by atoms with Crippen molar-refractivity contribution in [1.29, 1.82) is 0 Å². The maximum absolute atomic E-state index is 12.1. The lowest BCUT2D eigenvalue weighted by molar-refractivity contribution is 0.313. The molecule has 1 unspecified atom stereocenters. The average Bonchev–Trinajstić information content (AvgIpc) is 2.74. The summed E-state index contributed by atoms with van der Waals surface area (Å²) < 4.78 is 27.4. The molecule has 0 aliphatic heterocycles. The first-order valence-electron chi connectivity index (χ1n) is 5.45. The minimum atomic E-state index is -3.47. The number of nitrogens with zero attached hydrogens (tertiary/aromatic N) is 1. The molecule has 4 nitrogen and oxygen atoms in total. The summed E-state index contributed by atoms with van der Waals surface area (Å²) in [6.07, 6.45) is 4.29. The third-order valence-electron chi connectivity index (χ3n) is 3.28. The molecular formula is C10H15ClN2O2S2. The van der Waals surface area contributed by atoms with Gasteiger partial charge in [-0.3, -0.25) is 0 Å². The van der Waals surface area contributed by atoms with Crippen LogP contribution in [0.15, 0.2) is 10.4 Å². The lowest BCUT2D eigenvalue weighted by atomic mass is 9.88. The second-order valence-electron chi connectivity index (χ2n) is 4.99. The van der Waals surface area contributed by atoms with Crippen molar-refractivity contribution in [2.24, 2.45) is 5.41 Å². The summed E-state index contributed by atoms with van der Waals surface area (Å²) in [7, 11) is -3.47. The molecule has 1 aliphatic rings. The quantitative estimate of drug-likeness (QED) is 0.932. The number of halogens is 1. The highest BCUT2D eigenvalue weighted by Gasteiger charge is 2.37. The zero-order valence-corrected chi connectivity index (χ0v) is 12.1. The fourth-order valence-electron chi connectivity index (χ4n) is 2.15. The van der Waals surface area contributed by atoms with Crippen LogP contribution < -0.4 is 4.72 Å². The molecule has 7 heteroatoms. The molecule has 1 heterocycles. The smallest absolute Gasteiger partial charge is 0.232 e. The summed E-state index contributed by atoms with van der Waals surface area (Å²) >= 11 is 6.64. The summed E-state index contributed by atoms with van der Waals surface area (Å²) in [4.78, 5) is 3.76. The summed E-state index contributed by atoms with van der Waals surface area (Å²) in [5.41, 5.74) is 0.0154. The molecule has 0 radical (unpaired) electrons. The van der Waals surface area contributed by atoms with Gasteiger partial charge in [0.25, 0.3) is 10.0 Å². The van der Waals surface area contributed by atoms with Crippen molar-refractivity contribution in [3.63, 3.8) is 0 Å². The number of thiazole rings is 1. The van der Waals surface area contributed by atoms with Crippen molar-refractivity contribution in [2.45, 2.75) is 43.4 Å². The summed E-state index contributed by atoms with van der Waals surface area (Å²) in [6.45, 7) is 4.18. The lowest BCUT2D eigenvalue weighted by Crippen LogP contribution is -2.41. The van der Waals surface area contributed by atoms with Gasteiger partial charge in [-0.1, -0.05) is 43.2 Å². The van der Waals surface area contributed by atoms with E-state index in [1.165, 1.54) is 6.20 Å². The van der Waals surface area contributed by atoms with Crippen molar-refractivity contribution in [2.75, 3.05) is 0 Å². The summed E-state index contributed by atoms with van der Waals surface area (Å²) in [5, 5.41) is 0. The molecule has 17 heavy (non-hydrogen) atoms. The zero-order chi connectivity index (χ0) is 12.7. The Morgan fingerprint density at radius 2 is 2.29 bits per heavy atom. The molecule has 0 saturated heterocycles. The predicted molar refractivity (Wildman–Crippen MR) is 68.9 cm³/mol. The molecule has 1 aromatic heterocycles. The van der Waals surface area contributed by atoms with Crippen molar-refractivity contribution in [1.82, 2.24) is 9.71 Å². The molecule has 0 spiro atoms. The van der Waals surface area contributed by atoms with E-state index in [-0.39, 0.29) is 20.1 Å². The highest BCUT2D eigenvalue weighted by molar-refractivity contribution is 7.91. The summed E-state index contributed by atoms with van der Waals surface area (Å²) in [6, 6.07) is -0.00613. The van der Waals surface area contributed by atoms with Gasteiger partial charge in [-0.05, 0) is 18.3 Å². The molecule has 0 amide bonds. The van der Waals surface area contributed by atoms with Gasteiger partial charge < -0.3 is 0 Å². The van der Waals surface area contributed by atoms with E-state index < -0.39 is 10.0 Å². The molecule has 1 saturated carbocycles. The second-order valence-corrected chi connectivity index (χ2v) is 8.54. The molecule has 96 valence electrons. The highest BCUT2D eigenvalue weighted by atomic mass is 35.5. The molecule has 0 aromatic carbocycles. The third-order valence-corrected chi connectivity index (χ3v) is 6.32. The van der Waals surface area contributed by atoms with Crippen LogP contribution in [0.1, 0.15) is 33.1 Å². The van der Waals surface area contributed by atoms with E-state index in [0.29, 0.717) is 0 Å². The van der Waals surface area contributed by atoms with Crippen LogP contribution in [-0.4, -0.2) is 19.4 Å². The van der Waals surface area contributed by atoms with Gasteiger partial charge in [0.05, 0.1) is 6.20 Å². The van der Waals surface area contributed by atoms with E-state index in [2.05, 4.69) is 23.6 Å². The van der Waals surface area contributed by atoms with Gasteiger partial charge in [-0.25, -0.2) is 18.1 Å². The fraction of sp³-hybridized carbons (Fsp3) is 0.700. The van der Waals surface area contributed by atoms with E-state index >= 15 is 0 Å². The van der Waals surface area contributed by atoms with Gasteiger partial charge >= 0.3 is 0 Å². The van der Waals surface area contributed by atoms with E-state index in [0.717, 1.165) is 30.6 Å². The van der Waals surface area contributed by atoms with E-state index in [9.17, 15) is 8.42 Å². The Kier molecular flexibility index (Phi) is 3.51. The Labute approximate surface area is 110 Å². The van der Waals surface area contributed by atoms with Gasteiger partial charge in [0.15, 0.2) is 8.68 Å². The van der Waals surface area contributed by atoms with Crippen LogP contribution in [0.25, 0.3) is 0 Å². The molecule has 1 atom stereocenters. The number of hydrogen-bond donors (Lipinski definition) is 1. The van der Waals surface area contributed by atoms with Gasteiger partial charge in [-0.15, -0.1) is 0 Å². The number of hydrogen-bond acceptors (Lipinski definition) is 4. The predicted octanol–water partition coefficient (Wildman–Crippen LogP) is 2.65. The van der Waals surface area contributed by atoms with Crippen molar-refractivity contribution < 1.29 is 8.42 Å². The molecule has 2 rings (SSSR count). The second kappa shape index (κ2) is 4.50. The zero-order valence-electron chi connectivity index (χ0n) is 9.73. The van der Waals surface area contributed by atoms with Crippen LogP contribution in [0.3, 0.4) is 0 Å². The Hall–Kier alpha value is -0.170. The lowest BCUT2D eigenvalue weighted by Gasteiger charge is -2.27. The van der Waals surface area contributed by atoms with E-state index in [1.54, 1.807) is 0 Å². The molecule has 0 bridgehead atoms. The Morgan fingerprint density at radius 1 is 1.59 bits per heavy atom. The molecule has 1 fully saturated rings. The number of sulfonamides is 1. The van der Waals surface area contributed by atoms with Crippen LogP contribution in [-0.2, 0) is 10.0 Å². The maximum Gasteiger partial charge on any atom is 0.251 e. The third kappa shape index (κ3) is 2.81. The molecule has 1 N–H and O–H groups in total. The highest BCUT2D eigenvalue weighted by Crippen LogP contribution is 2.38. The fourth-order valence-corrected chi connectivity index (χ4v) is 4.91. The number of nitrogens with one attached hydrogen (secondary N) is 1. The van der Waals surface area contributed by atoms with Gasteiger partial charge in [0, 0.05) is 6.04 Å². The Balaban J connectivity index is 2.18. The average molecular weight is 295 g/mol. The first-order valence-corrected chi connectivity index (χ1v) is 8.13. The van der Waals surface area contributed by atoms with Crippen molar-refractivity contribution in [3.8, 4) is 0 Å². The number of rotatable bonds is 3. The number of aromatic nitrogens is 1. The topological polar surface area (TPSA) is 59.1 Å².